The Morgan fingerprint density at radius 3 is 2.61 bits per heavy atom. The highest BCUT2D eigenvalue weighted by Crippen LogP contribution is 2.18. The number of aryl methyl sites for hydroxylation is 1. The zero-order valence-electron chi connectivity index (χ0n) is 10.1. The summed E-state index contributed by atoms with van der Waals surface area (Å²) in [5, 5.41) is 5.85. The molecule has 1 unspecified atom stereocenters. The third kappa shape index (κ3) is 3.17. The number of carbonyl (C=O) groups excluding carboxylic acids is 1. The van der Waals surface area contributed by atoms with Gasteiger partial charge in [-0.15, -0.1) is 11.3 Å². The van der Waals surface area contributed by atoms with Crippen LogP contribution in [0.15, 0.2) is 34.1 Å². The lowest BCUT2D eigenvalue weighted by Gasteiger charge is -2.11. The molecule has 3 nitrogen and oxygen atoms in total. The van der Waals surface area contributed by atoms with Gasteiger partial charge in [0.05, 0.1) is 6.04 Å². The van der Waals surface area contributed by atoms with E-state index in [1.54, 1.807) is 23.5 Å². The number of nitrogens with one attached hydrogen (secondary N) is 1. The first kappa shape index (κ1) is 13.2. The van der Waals surface area contributed by atoms with Crippen LogP contribution in [0.1, 0.15) is 34.0 Å². The number of hydrogen-bond donors (Lipinski definition) is 1. The van der Waals surface area contributed by atoms with Crippen molar-refractivity contribution in [2.45, 2.75) is 19.9 Å². The normalized spacial score (nSPS) is 12.2. The van der Waals surface area contributed by atoms with Crippen molar-refractivity contribution in [3.8, 4) is 0 Å². The third-order valence-electron chi connectivity index (χ3n) is 2.46. The van der Waals surface area contributed by atoms with Crippen molar-refractivity contribution in [3.63, 3.8) is 0 Å². The van der Waals surface area contributed by atoms with Gasteiger partial charge in [0.2, 0.25) is 0 Å². The summed E-state index contributed by atoms with van der Waals surface area (Å²) in [6, 6.07) is 7.22. The number of aromatic nitrogens is 1. The van der Waals surface area contributed by atoms with Crippen LogP contribution in [0.2, 0.25) is 0 Å². The molecule has 0 aliphatic rings. The second-order valence-electron chi connectivity index (χ2n) is 4.03. The Morgan fingerprint density at radius 2 is 2.06 bits per heavy atom. The second kappa shape index (κ2) is 5.63. The third-order valence-corrected chi connectivity index (χ3v) is 4.14. The summed E-state index contributed by atoms with van der Waals surface area (Å²) in [7, 11) is 0. The Hall–Kier alpha value is -1.20. The first-order valence-electron chi connectivity index (χ1n) is 5.54. The molecule has 1 N–H and O–H groups in total. The lowest BCUT2D eigenvalue weighted by Crippen LogP contribution is -2.26. The summed E-state index contributed by atoms with van der Waals surface area (Å²) in [4.78, 5) is 16.4. The van der Waals surface area contributed by atoms with Crippen molar-refractivity contribution in [1.29, 1.82) is 0 Å². The Bertz CT molecular complexity index is 550. The first-order valence-corrected chi connectivity index (χ1v) is 7.22. The Labute approximate surface area is 118 Å². The number of hydrogen-bond acceptors (Lipinski definition) is 3. The van der Waals surface area contributed by atoms with Gasteiger partial charge in [0.15, 0.2) is 0 Å². The van der Waals surface area contributed by atoms with Crippen molar-refractivity contribution >= 4 is 33.2 Å². The van der Waals surface area contributed by atoms with Crippen molar-refractivity contribution in [2.75, 3.05) is 0 Å². The molecule has 2 aromatic rings. The van der Waals surface area contributed by atoms with Gasteiger partial charge in [-0.3, -0.25) is 4.79 Å². The molecule has 0 saturated carbocycles. The molecule has 94 valence electrons. The summed E-state index contributed by atoms with van der Waals surface area (Å²) in [6.07, 6.45) is 0. The molecule has 0 radical (unpaired) electrons. The number of carbonyl (C=O) groups is 1. The van der Waals surface area contributed by atoms with E-state index in [4.69, 9.17) is 0 Å². The lowest BCUT2D eigenvalue weighted by molar-refractivity contribution is 0.0940. The average Bonchev–Trinajstić information content (AvgIpc) is 2.76. The minimum atomic E-state index is -0.0807. The maximum absolute atomic E-state index is 12.0. The van der Waals surface area contributed by atoms with E-state index in [1.165, 1.54) is 0 Å². The molecule has 0 aliphatic heterocycles. The molecule has 1 aromatic carbocycles. The highest BCUT2D eigenvalue weighted by molar-refractivity contribution is 9.10. The molecule has 0 spiro atoms. The predicted octanol–water partition coefficient (Wildman–Crippen LogP) is 3.71. The Balaban J connectivity index is 2.05. The molecule has 1 amide bonds. The summed E-state index contributed by atoms with van der Waals surface area (Å²) in [5.74, 6) is -0.0807. The van der Waals surface area contributed by atoms with Gasteiger partial charge in [-0.25, -0.2) is 4.98 Å². The van der Waals surface area contributed by atoms with Crippen LogP contribution >= 0.6 is 27.3 Å². The van der Waals surface area contributed by atoms with E-state index in [-0.39, 0.29) is 11.9 Å². The van der Waals surface area contributed by atoms with Gasteiger partial charge >= 0.3 is 0 Å². The molecule has 0 saturated heterocycles. The number of amides is 1. The second-order valence-corrected chi connectivity index (χ2v) is 5.83. The molecule has 1 aromatic heterocycles. The van der Waals surface area contributed by atoms with E-state index in [0.29, 0.717) is 5.56 Å². The summed E-state index contributed by atoms with van der Waals surface area (Å²) in [6.45, 7) is 3.89. The molecule has 0 bridgehead atoms. The molecule has 0 aliphatic carbocycles. The molecule has 0 fully saturated rings. The van der Waals surface area contributed by atoms with Gasteiger partial charge in [-0.1, -0.05) is 15.9 Å². The van der Waals surface area contributed by atoms with Crippen molar-refractivity contribution in [2.24, 2.45) is 0 Å². The highest BCUT2D eigenvalue weighted by atomic mass is 79.9. The monoisotopic (exact) mass is 324 g/mol. The molecule has 1 atom stereocenters. The van der Waals surface area contributed by atoms with Crippen LogP contribution in [0.5, 0.6) is 0 Å². The van der Waals surface area contributed by atoms with E-state index in [2.05, 4.69) is 26.2 Å². The molecular formula is C13H13BrN2OS. The Morgan fingerprint density at radius 1 is 1.39 bits per heavy atom. The van der Waals surface area contributed by atoms with E-state index >= 15 is 0 Å². The van der Waals surface area contributed by atoms with Gasteiger partial charge in [0.25, 0.3) is 5.91 Å². The van der Waals surface area contributed by atoms with Crippen LogP contribution < -0.4 is 5.32 Å². The van der Waals surface area contributed by atoms with Gasteiger partial charge in [-0.2, -0.15) is 0 Å². The molecule has 5 heteroatoms. The number of rotatable bonds is 3. The summed E-state index contributed by atoms with van der Waals surface area (Å²) < 4.78 is 0.961. The smallest absolute Gasteiger partial charge is 0.251 e. The predicted molar refractivity (Wildman–Crippen MR) is 76.9 cm³/mol. The maximum Gasteiger partial charge on any atom is 0.251 e. The van der Waals surface area contributed by atoms with E-state index in [0.717, 1.165) is 15.2 Å². The molecule has 2 rings (SSSR count). The molecule has 18 heavy (non-hydrogen) atoms. The lowest BCUT2D eigenvalue weighted by atomic mass is 10.2. The summed E-state index contributed by atoms with van der Waals surface area (Å²) in [5.41, 5.74) is 1.64. The fourth-order valence-electron chi connectivity index (χ4n) is 1.51. The van der Waals surface area contributed by atoms with Crippen molar-refractivity contribution in [3.05, 3.63) is 50.4 Å². The highest BCUT2D eigenvalue weighted by Gasteiger charge is 2.13. The van der Waals surface area contributed by atoms with Gasteiger partial charge in [0, 0.05) is 21.1 Å². The van der Waals surface area contributed by atoms with Crippen LogP contribution in [0.4, 0.5) is 0 Å². The van der Waals surface area contributed by atoms with Crippen molar-refractivity contribution in [1.82, 2.24) is 10.3 Å². The van der Waals surface area contributed by atoms with Crippen LogP contribution in [0.3, 0.4) is 0 Å². The quantitative estimate of drug-likeness (QED) is 0.935. The first-order chi connectivity index (χ1) is 8.56. The molecular weight excluding hydrogens is 312 g/mol. The number of nitrogens with zero attached hydrogens (tertiary/aromatic N) is 1. The van der Waals surface area contributed by atoms with Gasteiger partial charge in [0.1, 0.15) is 5.01 Å². The number of halogens is 1. The van der Waals surface area contributed by atoms with Crippen LogP contribution in [0, 0.1) is 6.92 Å². The molecule has 1 heterocycles. The SMILES string of the molecule is Cc1csc(C(C)NC(=O)c2ccc(Br)cc2)n1. The summed E-state index contributed by atoms with van der Waals surface area (Å²) >= 11 is 4.91. The van der Waals surface area contributed by atoms with Gasteiger partial charge in [-0.05, 0) is 38.1 Å². The van der Waals surface area contributed by atoms with Crippen LogP contribution in [-0.2, 0) is 0 Å². The average molecular weight is 325 g/mol. The largest absolute Gasteiger partial charge is 0.343 e. The zero-order valence-corrected chi connectivity index (χ0v) is 12.5. The minimum Gasteiger partial charge on any atom is -0.343 e. The van der Waals surface area contributed by atoms with Crippen LogP contribution in [0.25, 0.3) is 0 Å². The number of thiazole rings is 1. The zero-order chi connectivity index (χ0) is 13.1. The number of benzene rings is 1. The minimum absolute atomic E-state index is 0.0696. The van der Waals surface area contributed by atoms with E-state index < -0.39 is 0 Å². The van der Waals surface area contributed by atoms with Gasteiger partial charge < -0.3 is 5.32 Å². The van der Waals surface area contributed by atoms with Crippen LogP contribution in [-0.4, -0.2) is 10.9 Å². The van der Waals surface area contributed by atoms with E-state index in [1.807, 2.05) is 31.4 Å². The Kier molecular flexibility index (Phi) is 4.14. The fourth-order valence-corrected chi connectivity index (χ4v) is 2.58. The van der Waals surface area contributed by atoms with Crippen molar-refractivity contribution < 1.29 is 4.79 Å². The fraction of sp³-hybridized carbons (Fsp3) is 0.231. The standard InChI is InChI=1S/C13H13BrN2OS/c1-8-7-18-13(15-8)9(2)16-12(17)10-3-5-11(14)6-4-10/h3-7,9H,1-2H3,(H,16,17). The topological polar surface area (TPSA) is 42.0 Å². The maximum atomic E-state index is 12.0. The van der Waals surface area contributed by atoms with E-state index in [9.17, 15) is 4.79 Å².